The molecule has 1 N–H and O–H groups in total. The molecule has 1 atom stereocenters. The van der Waals surface area contributed by atoms with Gasteiger partial charge in [0, 0.05) is 12.0 Å². The van der Waals surface area contributed by atoms with E-state index in [0.29, 0.717) is 28.5 Å². The van der Waals surface area contributed by atoms with Crippen molar-refractivity contribution in [1.82, 2.24) is 0 Å². The molecule has 1 aliphatic rings. The zero-order chi connectivity index (χ0) is 15.0. The Morgan fingerprint density at radius 3 is 2.71 bits per heavy atom. The Labute approximate surface area is 134 Å². The molecule has 0 spiro atoms. The topological polar surface area (TPSA) is 29.5 Å². The number of ether oxygens (including phenoxy) is 1. The highest BCUT2D eigenvalue weighted by atomic mass is 35.5. The molecule has 21 heavy (non-hydrogen) atoms. The van der Waals surface area contributed by atoms with Crippen molar-refractivity contribution in [2.24, 2.45) is 0 Å². The number of aliphatic hydroxyl groups is 1. The van der Waals surface area contributed by atoms with Crippen LogP contribution in [0.25, 0.3) is 0 Å². The fraction of sp³-hybridized carbons (Fsp3) is 0.294. The summed E-state index contributed by atoms with van der Waals surface area (Å²) >= 11 is 12.4. The van der Waals surface area contributed by atoms with E-state index in [2.05, 4.69) is 6.07 Å². The maximum Gasteiger partial charge on any atom is 0.119 e. The van der Waals surface area contributed by atoms with Crippen molar-refractivity contribution >= 4 is 23.2 Å². The Hall–Kier alpha value is -1.22. The highest BCUT2D eigenvalue weighted by molar-refractivity contribution is 6.42. The molecule has 0 bridgehead atoms. The van der Waals surface area contributed by atoms with Crippen LogP contribution in [0, 0.1) is 0 Å². The van der Waals surface area contributed by atoms with Crippen molar-refractivity contribution in [1.29, 1.82) is 0 Å². The van der Waals surface area contributed by atoms with E-state index < -0.39 is 5.60 Å². The molecule has 1 unspecified atom stereocenters. The summed E-state index contributed by atoms with van der Waals surface area (Å²) in [5.41, 5.74) is 2.06. The Balaban J connectivity index is 2.02. The van der Waals surface area contributed by atoms with Crippen LogP contribution in [0.1, 0.15) is 23.1 Å². The van der Waals surface area contributed by atoms with Crippen molar-refractivity contribution < 1.29 is 9.84 Å². The molecule has 0 aliphatic heterocycles. The Morgan fingerprint density at radius 2 is 1.95 bits per heavy atom. The van der Waals surface area contributed by atoms with Gasteiger partial charge in [-0.2, -0.15) is 0 Å². The average molecular weight is 323 g/mol. The number of aryl methyl sites for hydroxylation is 1. The third kappa shape index (κ3) is 2.64. The molecule has 3 rings (SSSR count). The molecule has 0 fully saturated rings. The van der Waals surface area contributed by atoms with E-state index in [9.17, 15) is 5.11 Å². The van der Waals surface area contributed by atoms with Gasteiger partial charge in [0.15, 0.2) is 0 Å². The van der Waals surface area contributed by atoms with Crippen LogP contribution in [0.2, 0.25) is 10.0 Å². The molecule has 0 saturated heterocycles. The van der Waals surface area contributed by atoms with Gasteiger partial charge in [0.1, 0.15) is 5.75 Å². The van der Waals surface area contributed by atoms with E-state index in [4.69, 9.17) is 27.9 Å². The van der Waals surface area contributed by atoms with Crippen LogP contribution in [0.5, 0.6) is 5.75 Å². The molecule has 0 saturated carbocycles. The number of halogens is 2. The first kappa shape index (κ1) is 14.7. The molecule has 0 radical (unpaired) electrons. The minimum atomic E-state index is -0.985. The lowest BCUT2D eigenvalue weighted by molar-refractivity contribution is 0.0223. The predicted octanol–water partition coefficient (Wildman–Crippen LogP) is 4.38. The van der Waals surface area contributed by atoms with Crippen LogP contribution in [-0.4, -0.2) is 12.2 Å². The number of hydrogen-bond donors (Lipinski definition) is 1. The summed E-state index contributed by atoms with van der Waals surface area (Å²) in [7, 11) is 1.64. The van der Waals surface area contributed by atoms with E-state index in [1.807, 2.05) is 24.3 Å². The maximum atomic E-state index is 11.1. The monoisotopic (exact) mass is 322 g/mol. The van der Waals surface area contributed by atoms with Crippen molar-refractivity contribution in [2.75, 3.05) is 7.11 Å². The van der Waals surface area contributed by atoms with E-state index >= 15 is 0 Å². The van der Waals surface area contributed by atoms with E-state index in [0.717, 1.165) is 17.7 Å². The minimum absolute atomic E-state index is 0.438. The highest BCUT2D eigenvalue weighted by Gasteiger charge is 2.36. The maximum absolute atomic E-state index is 11.1. The fourth-order valence-electron chi connectivity index (χ4n) is 2.98. The summed E-state index contributed by atoms with van der Waals surface area (Å²) in [6.07, 6.45) is 1.95. The molecule has 1 aliphatic carbocycles. The van der Waals surface area contributed by atoms with Crippen LogP contribution < -0.4 is 4.74 Å². The van der Waals surface area contributed by atoms with Crippen molar-refractivity contribution in [3.63, 3.8) is 0 Å². The molecular formula is C17H16Cl2O2. The number of rotatable bonds is 2. The molecule has 0 aromatic heterocycles. The van der Waals surface area contributed by atoms with Crippen LogP contribution in [0.4, 0.5) is 0 Å². The largest absolute Gasteiger partial charge is 0.497 e. The summed E-state index contributed by atoms with van der Waals surface area (Å²) in [6.45, 7) is 0. The molecule has 2 aromatic carbocycles. The molecule has 2 nitrogen and oxygen atoms in total. The molecule has 2 aromatic rings. The zero-order valence-corrected chi connectivity index (χ0v) is 13.2. The normalized spacial score (nSPS) is 21.0. The standard InChI is InChI=1S/C17H16Cl2O2/c1-21-13-6-5-11-7-8-17(20,10-12(11)9-13)14-3-2-4-15(18)16(14)19/h2-6,9,20H,7-8,10H2,1H3. The molecule has 4 heteroatoms. The van der Waals surface area contributed by atoms with Gasteiger partial charge in [-0.15, -0.1) is 0 Å². The molecule has 110 valence electrons. The van der Waals surface area contributed by atoms with Gasteiger partial charge in [-0.25, -0.2) is 0 Å². The SMILES string of the molecule is COc1ccc2c(c1)CC(O)(c1cccc(Cl)c1Cl)CC2. The van der Waals surface area contributed by atoms with E-state index in [1.54, 1.807) is 13.2 Å². The van der Waals surface area contributed by atoms with E-state index in [-0.39, 0.29) is 0 Å². The van der Waals surface area contributed by atoms with Crippen molar-refractivity contribution in [2.45, 2.75) is 24.9 Å². The first-order valence-electron chi connectivity index (χ1n) is 6.86. The average Bonchev–Trinajstić information content (AvgIpc) is 2.49. The number of benzene rings is 2. The minimum Gasteiger partial charge on any atom is -0.497 e. The third-order valence-corrected chi connectivity index (χ3v) is 4.98. The Morgan fingerprint density at radius 1 is 1.14 bits per heavy atom. The first-order chi connectivity index (χ1) is 10.0. The number of fused-ring (bicyclic) bond motifs is 1. The van der Waals surface area contributed by atoms with Gasteiger partial charge in [0.05, 0.1) is 22.8 Å². The highest BCUT2D eigenvalue weighted by Crippen LogP contribution is 2.42. The summed E-state index contributed by atoms with van der Waals surface area (Å²) in [5.74, 6) is 0.801. The lowest BCUT2D eigenvalue weighted by Gasteiger charge is -2.35. The zero-order valence-electron chi connectivity index (χ0n) is 11.7. The lowest BCUT2D eigenvalue weighted by atomic mass is 9.76. The molecular weight excluding hydrogens is 307 g/mol. The summed E-state index contributed by atoms with van der Waals surface area (Å²) < 4.78 is 5.27. The Kier molecular flexibility index (Phi) is 3.87. The van der Waals surface area contributed by atoms with Crippen LogP contribution in [-0.2, 0) is 18.4 Å². The van der Waals surface area contributed by atoms with Crippen molar-refractivity contribution in [3.05, 3.63) is 63.1 Å². The second-order valence-corrected chi connectivity index (χ2v) is 6.23. The second-order valence-electron chi connectivity index (χ2n) is 5.44. The van der Waals surface area contributed by atoms with Crippen LogP contribution in [0.15, 0.2) is 36.4 Å². The van der Waals surface area contributed by atoms with Gasteiger partial charge < -0.3 is 9.84 Å². The van der Waals surface area contributed by atoms with E-state index in [1.165, 1.54) is 5.56 Å². The smallest absolute Gasteiger partial charge is 0.119 e. The van der Waals surface area contributed by atoms with Crippen LogP contribution in [0.3, 0.4) is 0 Å². The number of methoxy groups -OCH3 is 1. The quantitative estimate of drug-likeness (QED) is 0.889. The van der Waals surface area contributed by atoms with Gasteiger partial charge in [-0.3, -0.25) is 0 Å². The summed E-state index contributed by atoms with van der Waals surface area (Å²) in [6, 6.07) is 11.4. The summed E-state index contributed by atoms with van der Waals surface area (Å²) in [5, 5.41) is 12.0. The van der Waals surface area contributed by atoms with Gasteiger partial charge in [0.25, 0.3) is 0 Å². The first-order valence-corrected chi connectivity index (χ1v) is 7.62. The molecule has 0 heterocycles. The van der Waals surface area contributed by atoms with Gasteiger partial charge in [0.2, 0.25) is 0 Å². The fourth-order valence-corrected chi connectivity index (χ4v) is 3.45. The number of hydrogen-bond acceptors (Lipinski definition) is 2. The van der Waals surface area contributed by atoms with Gasteiger partial charge >= 0.3 is 0 Å². The predicted molar refractivity (Wildman–Crippen MR) is 85.4 cm³/mol. The molecule has 0 amide bonds. The van der Waals surface area contributed by atoms with Crippen LogP contribution >= 0.6 is 23.2 Å². The summed E-state index contributed by atoms with van der Waals surface area (Å²) in [4.78, 5) is 0. The second kappa shape index (κ2) is 5.53. The Bertz CT molecular complexity index is 684. The van der Waals surface area contributed by atoms with Gasteiger partial charge in [-0.05, 0) is 42.2 Å². The van der Waals surface area contributed by atoms with Crippen molar-refractivity contribution in [3.8, 4) is 5.75 Å². The lowest BCUT2D eigenvalue weighted by Crippen LogP contribution is -2.33. The van der Waals surface area contributed by atoms with Gasteiger partial charge in [-0.1, -0.05) is 41.4 Å². The third-order valence-electron chi connectivity index (χ3n) is 4.16.